The highest BCUT2D eigenvalue weighted by Crippen LogP contribution is 2.28. The molecule has 13 heteroatoms. The normalized spacial score (nSPS) is 12.3. The van der Waals surface area contributed by atoms with Crippen LogP contribution in [0, 0.1) is 0 Å². The maximum absolute atomic E-state index is 13.8. The smallest absolute Gasteiger partial charge is 0.405 e. The van der Waals surface area contributed by atoms with Crippen molar-refractivity contribution in [2.45, 2.75) is 19.7 Å². The third kappa shape index (κ3) is 5.71. The standard InChI is InChI=1S/C25H21F5N6O2/c1-13(32-2)18-9-16(5-8-19(18)31)36-11-15-10-33-24(34-12-25(28,29)30)35-21(15)20(22(36)37)14-3-6-17(7-4-14)38-23(26)27/h3-11,23H,12,31H2,1-2H3,(H,34,35). The maximum atomic E-state index is 13.8. The highest BCUT2D eigenvalue weighted by Gasteiger charge is 2.27. The number of nitrogen functional groups attached to an aromatic ring is 1. The van der Waals surface area contributed by atoms with E-state index in [0.717, 1.165) is 0 Å². The molecule has 2 heterocycles. The molecule has 2 aromatic carbocycles. The number of rotatable bonds is 7. The Hall–Kier alpha value is -4.55. The monoisotopic (exact) mass is 532 g/mol. The van der Waals surface area contributed by atoms with E-state index in [1.807, 2.05) is 0 Å². The van der Waals surface area contributed by atoms with Crippen LogP contribution in [0.1, 0.15) is 12.5 Å². The molecule has 0 spiro atoms. The first-order valence-electron chi connectivity index (χ1n) is 11.1. The van der Waals surface area contributed by atoms with E-state index in [4.69, 9.17) is 5.73 Å². The second kappa shape index (κ2) is 10.4. The first-order valence-corrected chi connectivity index (χ1v) is 11.1. The number of nitrogens with one attached hydrogen (secondary N) is 1. The molecule has 0 aliphatic heterocycles. The van der Waals surface area contributed by atoms with E-state index < -0.39 is 24.9 Å². The van der Waals surface area contributed by atoms with E-state index in [0.29, 0.717) is 28.0 Å². The van der Waals surface area contributed by atoms with Gasteiger partial charge in [0.15, 0.2) is 0 Å². The van der Waals surface area contributed by atoms with Crippen LogP contribution in [0.4, 0.5) is 33.6 Å². The van der Waals surface area contributed by atoms with Gasteiger partial charge in [0.2, 0.25) is 5.95 Å². The number of aliphatic imine (C=N–C) groups is 1. The lowest BCUT2D eigenvalue weighted by Crippen LogP contribution is -2.23. The van der Waals surface area contributed by atoms with Crippen molar-refractivity contribution in [1.82, 2.24) is 14.5 Å². The van der Waals surface area contributed by atoms with Crippen LogP contribution in [0.2, 0.25) is 0 Å². The first kappa shape index (κ1) is 26.5. The van der Waals surface area contributed by atoms with Crippen LogP contribution in [0.15, 0.2) is 64.6 Å². The fraction of sp³-hybridized carbons (Fsp3) is 0.200. The topological polar surface area (TPSA) is 107 Å². The summed E-state index contributed by atoms with van der Waals surface area (Å²) < 4.78 is 69.1. The van der Waals surface area contributed by atoms with Gasteiger partial charge in [-0.25, -0.2) is 9.97 Å². The van der Waals surface area contributed by atoms with Crippen LogP contribution in [0.25, 0.3) is 27.7 Å². The third-order valence-electron chi connectivity index (χ3n) is 5.61. The van der Waals surface area contributed by atoms with Gasteiger partial charge in [0.25, 0.3) is 5.56 Å². The lowest BCUT2D eigenvalue weighted by atomic mass is 10.0. The van der Waals surface area contributed by atoms with E-state index in [9.17, 15) is 26.7 Å². The summed E-state index contributed by atoms with van der Waals surface area (Å²) >= 11 is 0. The third-order valence-corrected chi connectivity index (χ3v) is 5.61. The Morgan fingerprint density at radius 1 is 1.18 bits per heavy atom. The largest absolute Gasteiger partial charge is 0.435 e. The second-order valence-corrected chi connectivity index (χ2v) is 8.13. The lowest BCUT2D eigenvalue weighted by Gasteiger charge is -2.15. The molecule has 4 aromatic rings. The molecule has 3 N–H and O–H groups in total. The van der Waals surface area contributed by atoms with Crippen molar-refractivity contribution in [3.63, 3.8) is 0 Å². The number of fused-ring (bicyclic) bond motifs is 1. The summed E-state index contributed by atoms with van der Waals surface area (Å²) in [6.45, 7) is -2.66. The van der Waals surface area contributed by atoms with Gasteiger partial charge in [-0.15, -0.1) is 0 Å². The number of pyridine rings is 1. The number of alkyl halides is 5. The quantitative estimate of drug-likeness (QED) is 0.196. The number of halogens is 5. The lowest BCUT2D eigenvalue weighted by molar-refractivity contribution is -0.115. The molecule has 0 atom stereocenters. The molecule has 0 saturated carbocycles. The van der Waals surface area contributed by atoms with Crippen molar-refractivity contribution in [2.24, 2.45) is 4.99 Å². The number of aromatic nitrogens is 3. The SMILES string of the molecule is CN=C(C)c1cc(-n2cc3cnc(NCC(F)(F)F)nc3c(-c3ccc(OC(F)F)cc3)c2=O)ccc1N. The molecule has 0 aliphatic carbocycles. The van der Waals surface area contributed by atoms with Gasteiger partial charge < -0.3 is 15.8 Å². The minimum Gasteiger partial charge on any atom is -0.435 e. The first-order chi connectivity index (χ1) is 18.0. The van der Waals surface area contributed by atoms with Crippen molar-refractivity contribution < 1.29 is 26.7 Å². The van der Waals surface area contributed by atoms with E-state index in [2.05, 4.69) is 25.0 Å². The fourth-order valence-electron chi connectivity index (χ4n) is 3.75. The molecule has 0 radical (unpaired) electrons. The number of ether oxygens (including phenoxy) is 1. The summed E-state index contributed by atoms with van der Waals surface area (Å²) in [5, 5.41) is 2.44. The van der Waals surface area contributed by atoms with Gasteiger partial charge in [0.1, 0.15) is 12.3 Å². The molecule has 0 amide bonds. The van der Waals surface area contributed by atoms with Gasteiger partial charge in [-0.1, -0.05) is 12.1 Å². The van der Waals surface area contributed by atoms with Crippen molar-refractivity contribution in [3.8, 4) is 22.6 Å². The van der Waals surface area contributed by atoms with Gasteiger partial charge in [-0.2, -0.15) is 22.0 Å². The molecule has 0 bridgehead atoms. The van der Waals surface area contributed by atoms with Gasteiger partial charge in [-0.05, 0) is 42.8 Å². The predicted octanol–water partition coefficient (Wildman–Crippen LogP) is 5.04. The van der Waals surface area contributed by atoms with Crippen molar-refractivity contribution in [1.29, 1.82) is 0 Å². The molecule has 0 unspecified atom stereocenters. The second-order valence-electron chi connectivity index (χ2n) is 8.13. The fourth-order valence-corrected chi connectivity index (χ4v) is 3.75. The van der Waals surface area contributed by atoms with Crippen LogP contribution < -0.4 is 21.3 Å². The number of hydrogen-bond acceptors (Lipinski definition) is 7. The highest BCUT2D eigenvalue weighted by atomic mass is 19.4. The van der Waals surface area contributed by atoms with Crippen LogP contribution >= 0.6 is 0 Å². The summed E-state index contributed by atoms with van der Waals surface area (Å²) in [5.41, 5.74) is 7.99. The average Bonchev–Trinajstić information content (AvgIpc) is 2.87. The Kier molecular flexibility index (Phi) is 7.28. The molecule has 38 heavy (non-hydrogen) atoms. The molecule has 0 saturated heterocycles. The number of benzene rings is 2. The van der Waals surface area contributed by atoms with Crippen LogP contribution in [-0.4, -0.2) is 46.6 Å². The van der Waals surface area contributed by atoms with Crippen LogP contribution in [0.5, 0.6) is 5.75 Å². The van der Waals surface area contributed by atoms with Crippen molar-refractivity contribution in [3.05, 3.63) is 70.8 Å². The molecular formula is C25H21F5N6O2. The van der Waals surface area contributed by atoms with Crippen molar-refractivity contribution in [2.75, 3.05) is 24.6 Å². The molecule has 0 fully saturated rings. The minimum absolute atomic E-state index is 0.0165. The van der Waals surface area contributed by atoms with E-state index in [1.165, 1.54) is 41.2 Å². The van der Waals surface area contributed by atoms with E-state index in [1.54, 1.807) is 32.2 Å². The number of nitrogens with two attached hydrogens (primary N) is 1. The Morgan fingerprint density at radius 2 is 1.89 bits per heavy atom. The zero-order valence-corrected chi connectivity index (χ0v) is 20.1. The highest BCUT2D eigenvalue weighted by molar-refractivity contribution is 6.03. The van der Waals surface area contributed by atoms with Gasteiger partial charge in [0, 0.05) is 47.5 Å². The zero-order chi connectivity index (χ0) is 27.6. The number of anilines is 2. The van der Waals surface area contributed by atoms with Gasteiger partial charge >= 0.3 is 12.8 Å². The Labute approximate surface area is 212 Å². The number of nitrogens with zero attached hydrogens (tertiary/aromatic N) is 4. The molecular weight excluding hydrogens is 511 g/mol. The molecule has 8 nitrogen and oxygen atoms in total. The van der Waals surface area contributed by atoms with Crippen LogP contribution in [0.3, 0.4) is 0 Å². The Morgan fingerprint density at radius 3 is 2.53 bits per heavy atom. The summed E-state index contributed by atoms with van der Waals surface area (Å²) in [6.07, 6.45) is -1.78. The molecule has 4 rings (SSSR count). The Bertz CT molecular complexity index is 1570. The molecule has 198 valence electrons. The van der Waals surface area contributed by atoms with Crippen LogP contribution in [-0.2, 0) is 0 Å². The predicted molar refractivity (Wildman–Crippen MR) is 134 cm³/mol. The van der Waals surface area contributed by atoms with Gasteiger partial charge in [0.05, 0.1) is 11.1 Å². The van der Waals surface area contributed by atoms with Crippen molar-refractivity contribution >= 4 is 28.3 Å². The zero-order valence-electron chi connectivity index (χ0n) is 20.1. The molecule has 2 aromatic heterocycles. The van der Waals surface area contributed by atoms with Gasteiger partial charge in [-0.3, -0.25) is 14.4 Å². The summed E-state index contributed by atoms with van der Waals surface area (Å²) in [6, 6.07) is 10.2. The summed E-state index contributed by atoms with van der Waals surface area (Å²) in [4.78, 5) is 26.1. The average molecular weight is 532 g/mol. The number of hydrogen-bond donors (Lipinski definition) is 2. The summed E-state index contributed by atoms with van der Waals surface area (Å²) in [7, 11) is 1.60. The van der Waals surface area contributed by atoms with E-state index in [-0.39, 0.29) is 28.3 Å². The summed E-state index contributed by atoms with van der Waals surface area (Å²) in [5.74, 6) is -0.473. The van der Waals surface area contributed by atoms with E-state index >= 15 is 0 Å². The molecule has 0 aliphatic rings. The maximum Gasteiger partial charge on any atom is 0.405 e. The minimum atomic E-state index is -4.52. The Balaban J connectivity index is 1.94.